The first kappa shape index (κ1) is 24.1. The fourth-order valence-electron chi connectivity index (χ4n) is 5.36. The molecule has 5 nitrogen and oxygen atoms in total. The van der Waals surface area contributed by atoms with Crippen molar-refractivity contribution in [3.8, 4) is 0 Å². The highest BCUT2D eigenvalue weighted by atomic mass is 32.2. The van der Waals surface area contributed by atoms with E-state index >= 15 is 0 Å². The molecule has 1 N–H and O–H groups in total. The Morgan fingerprint density at radius 2 is 1.94 bits per heavy atom. The summed E-state index contributed by atoms with van der Waals surface area (Å²) < 4.78 is 5.58. The molecule has 2 aromatic carbocycles. The monoisotopic (exact) mass is 490 g/mol. The van der Waals surface area contributed by atoms with Gasteiger partial charge in [0, 0.05) is 36.6 Å². The summed E-state index contributed by atoms with van der Waals surface area (Å²) in [6.07, 6.45) is 8.83. The molecule has 184 valence electrons. The summed E-state index contributed by atoms with van der Waals surface area (Å²) in [5, 5.41) is 3.41. The van der Waals surface area contributed by atoms with Crippen molar-refractivity contribution in [3.05, 3.63) is 75.7 Å². The third-order valence-electron chi connectivity index (χ3n) is 7.24. The van der Waals surface area contributed by atoms with Crippen LogP contribution in [0, 0.1) is 6.92 Å². The van der Waals surface area contributed by atoms with Crippen LogP contribution in [-0.2, 0) is 16.1 Å². The number of benzene rings is 2. The fraction of sp³-hybridized carbons (Fsp3) is 0.448. The van der Waals surface area contributed by atoms with Crippen molar-refractivity contribution in [2.75, 3.05) is 13.2 Å². The normalized spacial score (nSPS) is 25.5. The Morgan fingerprint density at radius 3 is 2.71 bits per heavy atom. The molecule has 2 aromatic rings. The minimum Gasteiger partial charge on any atom is -0.376 e. The molecule has 1 aliphatic carbocycles. The summed E-state index contributed by atoms with van der Waals surface area (Å²) in [6, 6.07) is 16.3. The highest BCUT2D eigenvalue weighted by molar-refractivity contribution is 8.04. The third kappa shape index (κ3) is 5.81. The Bertz CT molecular complexity index is 1090. The van der Waals surface area contributed by atoms with Gasteiger partial charge in [-0.1, -0.05) is 54.8 Å². The van der Waals surface area contributed by atoms with Crippen LogP contribution in [0.25, 0.3) is 6.08 Å². The number of nitrogens with zero attached hydrogens (tertiary/aromatic N) is 1. The van der Waals surface area contributed by atoms with Gasteiger partial charge in [-0.25, -0.2) is 0 Å². The third-order valence-corrected chi connectivity index (χ3v) is 8.64. The van der Waals surface area contributed by atoms with Crippen molar-refractivity contribution in [3.63, 3.8) is 0 Å². The van der Waals surface area contributed by atoms with E-state index in [0.717, 1.165) is 42.8 Å². The summed E-state index contributed by atoms with van der Waals surface area (Å²) in [5.41, 5.74) is 3.98. The molecule has 0 aromatic heterocycles. The van der Waals surface area contributed by atoms with Crippen LogP contribution in [0.3, 0.4) is 0 Å². The average Bonchev–Trinajstić information content (AvgIpc) is 3.39. The lowest BCUT2D eigenvalue weighted by molar-refractivity contribution is -0.130. The topological polar surface area (TPSA) is 58.6 Å². The molecule has 6 heteroatoms. The minimum atomic E-state index is -0.0859. The summed E-state index contributed by atoms with van der Waals surface area (Å²) in [6.45, 7) is 4.09. The van der Waals surface area contributed by atoms with Crippen molar-refractivity contribution >= 4 is 29.7 Å². The molecule has 2 amide bonds. The van der Waals surface area contributed by atoms with E-state index in [9.17, 15) is 9.59 Å². The first-order chi connectivity index (χ1) is 17.1. The number of carbonyl (C=O) groups is 2. The second-order valence-corrected chi connectivity index (χ2v) is 11.2. The van der Waals surface area contributed by atoms with Crippen LogP contribution in [0.1, 0.15) is 65.6 Å². The minimum absolute atomic E-state index is 0.0859. The maximum absolute atomic E-state index is 13.6. The van der Waals surface area contributed by atoms with E-state index in [-0.39, 0.29) is 17.9 Å². The van der Waals surface area contributed by atoms with Crippen LogP contribution >= 0.6 is 11.8 Å². The Balaban J connectivity index is 1.30. The quantitative estimate of drug-likeness (QED) is 0.556. The number of carbonyl (C=O) groups excluding carboxylic acids is 2. The number of hydrogen-bond acceptors (Lipinski definition) is 4. The van der Waals surface area contributed by atoms with Crippen LogP contribution in [0.2, 0.25) is 0 Å². The molecule has 3 aliphatic rings. The summed E-state index contributed by atoms with van der Waals surface area (Å²) in [7, 11) is 0. The standard InChI is InChI=1S/C29H34N2O3S/c1-20-6-4-7-22(16-20)19-31-25-9-2-3-10-26(25)35-27(29(31)33)17-21-11-13-23(14-12-21)28(32)30-18-24-8-5-15-34-24/h4,6-7,11-14,16-17,24-26H,2-3,5,8-10,15,18-19H2,1H3,(H,30,32)/b27-17+. The first-order valence-electron chi connectivity index (χ1n) is 12.8. The Hall–Kier alpha value is -2.57. The molecule has 1 saturated carbocycles. The predicted molar refractivity (Wildman–Crippen MR) is 141 cm³/mol. The number of fused-ring (bicyclic) bond motifs is 1. The van der Waals surface area contributed by atoms with Crippen LogP contribution in [0.4, 0.5) is 0 Å². The van der Waals surface area contributed by atoms with E-state index in [4.69, 9.17) is 4.74 Å². The van der Waals surface area contributed by atoms with E-state index in [2.05, 4.69) is 41.4 Å². The van der Waals surface area contributed by atoms with Gasteiger partial charge >= 0.3 is 0 Å². The van der Waals surface area contributed by atoms with Crippen molar-refractivity contribution in [2.45, 2.75) is 69.4 Å². The molecular weight excluding hydrogens is 456 g/mol. The van der Waals surface area contributed by atoms with E-state index in [1.807, 2.05) is 30.3 Å². The van der Waals surface area contributed by atoms with Gasteiger partial charge in [0.05, 0.1) is 11.0 Å². The zero-order valence-electron chi connectivity index (χ0n) is 20.4. The van der Waals surface area contributed by atoms with Gasteiger partial charge in [-0.2, -0.15) is 0 Å². The van der Waals surface area contributed by atoms with E-state index in [1.54, 1.807) is 11.8 Å². The second kappa shape index (κ2) is 11.0. The maximum Gasteiger partial charge on any atom is 0.260 e. The van der Waals surface area contributed by atoms with Gasteiger partial charge in [0.15, 0.2) is 0 Å². The predicted octanol–water partition coefficient (Wildman–Crippen LogP) is 5.33. The molecule has 3 fully saturated rings. The first-order valence-corrected chi connectivity index (χ1v) is 13.7. The summed E-state index contributed by atoms with van der Waals surface area (Å²) in [5.74, 6) is 0.0373. The van der Waals surface area contributed by atoms with Gasteiger partial charge in [-0.3, -0.25) is 9.59 Å². The second-order valence-electron chi connectivity index (χ2n) is 9.91. The highest BCUT2D eigenvalue weighted by Crippen LogP contribution is 2.42. The van der Waals surface area contributed by atoms with Crippen LogP contribution in [0.15, 0.2) is 53.4 Å². The zero-order valence-corrected chi connectivity index (χ0v) is 21.2. The smallest absolute Gasteiger partial charge is 0.260 e. The van der Waals surface area contributed by atoms with Gasteiger partial charge in [0.1, 0.15) is 0 Å². The fourth-order valence-corrected chi connectivity index (χ4v) is 6.84. The van der Waals surface area contributed by atoms with Gasteiger partial charge in [-0.15, -0.1) is 11.8 Å². The molecule has 0 bridgehead atoms. The number of rotatable bonds is 6. The van der Waals surface area contributed by atoms with Crippen LogP contribution < -0.4 is 5.32 Å². The van der Waals surface area contributed by atoms with Gasteiger partial charge < -0.3 is 15.0 Å². The lowest BCUT2D eigenvalue weighted by Gasteiger charge is -2.44. The maximum atomic E-state index is 13.6. The molecule has 0 radical (unpaired) electrons. The number of hydrogen-bond donors (Lipinski definition) is 1. The molecule has 0 spiro atoms. The SMILES string of the molecule is Cc1cccc(CN2C(=O)/C(=C\c3ccc(C(=O)NCC4CCCO4)cc3)SC3CCCCC32)c1. The molecule has 2 aliphatic heterocycles. The largest absolute Gasteiger partial charge is 0.376 e. The Morgan fingerprint density at radius 1 is 1.11 bits per heavy atom. The number of amides is 2. The molecule has 3 unspecified atom stereocenters. The molecular formula is C29H34N2O3S. The lowest BCUT2D eigenvalue weighted by Crippen LogP contribution is -2.50. The van der Waals surface area contributed by atoms with Crippen molar-refractivity contribution in [1.82, 2.24) is 10.2 Å². The van der Waals surface area contributed by atoms with Gasteiger partial charge in [-0.05, 0) is 61.9 Å². The summed E-state index contributed by atoms with van der Waals surface area (Å²) >= 11 is 1.75. The number of aryl methyl sites for hydroxylation is 1. The lowest BCUT2D eigenvalue weighted by atomic mass is 9.92. The Labute approximate surface area is 212 Å². The van der Waals surface area contributed by atoms with Crippen LogP contribution in [0.5, 0.6) is 0 Å². The molecule has 35 heavy (non-hydrogen) atoms. The van der Waals surface area contributed by atoms with Gasteiger partial charge in [0.2, 0.25) is 0 Å². The number of thioether (sulfide) groups is 1. The van der Waals surface area contributed by atoms with Crippen LogP contribution in [-0.4, -0.2) is 47.3 Å². The average molecular weight is 491 g/mol. The molecule has 5 rings (SSSR count). The molecule has 2 heterocycles. The van der Waals surface area contributed by atoms with E-state index in [1.165, 1.54) is 24.0 Å². The molecule has 3 atom stereocenters. The zero-order chi connectivity index (χ0) is 24.2. The van der Waals surface area contributed by atoms with Crippen molar-refractivity contribution < 1.29 is 14.3 Å². The van der Waals surface area contributed by atoms with E-state index in [0.29, 0.717) is 29.9 Å². The van der Waals surface area contributed by atoms with Crippen molar-refractivity contribution in [1.29, 1.82) is 0 Å². The molecule has 2 saturated heterocycles. The summed E-state index contributed by atoms with van der Waals surface area (Å²) in [4.78, 5) is 29.0. The number of nitrogens with one attached hydrogen (secondary N) is 1. The number of ether oxygens (including phenoxy) is 1. The van der Waals surface area contributed by atoms with Crippen molar-refractivity contribution in [2.24, 2.45) is 0 Å². The Kier molecular flexibility index (Phi) is 7.59. The van der Waals surface area contributed by atoms with E-state index < -0.39 is 0 Å². The van der Waals surface area contributed by atoms with Gasteiger partial charge in [0.25, 0.3) is 11.8 Å². The highest BCUT2D eigenvalue weighted by Gasteiger charge is 2.40.